The van der Waals surface area contributed by atoms with E-state index in [4.69, 9.17) is 9.47 Å². The second-order valence-corrected chi connectivity index (χ2v) is 5.58. The molecule has 1 heterocycles. The average molecular weight is 349 g/mol. The molecule has 1 amide bonds. The Morgan fingerprint density at radius 1 is 1.16 bits per heavy atom. The van der Waals surface area contributed by atoms with Crippen LogP contribution < -0.4 is 14.8 Å². The molecule has 130 valence electrons. The number of alkyl halides is 3. The minimum Gasteiger partial charge on any atom is -0.445 e. The molecule has 0 aliphatic carbocycles. The van der Waals surface area contributed by atoms with Crippen molar-refractivity contribution in [3.8, 4) is 11.5 Å². The maximum absolute atomic E-state index is 12.9. The number of fused-ring (bicyclic) bond motifs is 1. The Bertz CT molecular complexity index is 848. The molecule has 7 heteroatoms. The fraction of sp³-hybridized carbons (Fsp3) is 0.167. The molecule has 1 N–H and O–H groups in total. The van der Waals surface area contributed by atoms with Crippen LogP contribution in [0.2, 0.25) is 0 Å². The van der Waals surface area contributed by atoms with Crippen LogP contribution in [-0.2, 0) is 16.8 Å². The van der Waals surface area contributed by atoms with Crippen molar-refractivity contribution in [1.82, 2.24) is 0 Å². The van der Waals surface area contributed by atoms with Crippen LogP contribution in [0.1, 0.15) is 18.1 Å². The minimum atomic E-state index is -4.46. The lowest BCUT2D eigenvalue weighted by molar-refractivity contribution is -0.138. The van der Waals surface area contributed by atoms with Gasteiger partial charge in [0, 0.05) is 24.2 Å². The van der Waals surface area contributed by atoms with Crippen molar-refractivity contribution in [1.29, 1.82) is 0 Å². The number of carbonyl (C=O) groups is 1. The van der Waals surface area contributed by atoms with Crippen LogP contribution in [-0.4, -0.2) is 5.91 Å². The zero-order valence-electron chi connectivity index (χ0n) is 13.2. The van der Waals surface area contributed by atoms with Crippen molar-refractivity contribution < 1.29 is 27.4 Å². The predicted molar refractivity (Wildman–Crippen MR) is 85.3 cm³/mol. The number of amides is 1. The Balaban J connectivity index is 1.89. The molecule has 0 spiro atoms. The average Bonchev–Trinajstić information content (AvgIpc) is 2.91. The summed E-state index contributed by atoms with van der Waals surface area (Å²) in [7, 11) is 0. The molecule has 1 aliphatic heterocycles. The van der Waals surface area contributed by atoms with E-state index in [2.05, 4.69) is 11.9 Å². The smallest absolute Gasteiger partial charge is 0.416 e. The molecule has 0 saturated heterocycles. The Labute approximate surface area is 141 Å². The highest BCUT2D eigenvalue weighted by molar-refractivity contribution is 5.99. The monoisotopic (exact) mass is 349 g/mol. The molecule has 4 nitrogen and oxygen atoms in total. The van der Waals surface area contributed by atoms with E-state index in [0.29, 0.717) is 17.2 Å². The van der Waals surface area contributed by atoms with Crippen molar-refractivity contribution in [3.05, 3.63) is 66.2 Å². The predicted octanol–water partition coefficient (Wildman–Crippen LogP) is 4.47. The van der Waals surface area contributed by atoms with Crippen molar-refractivity contribution in [2.45, 2.75) is 18.9 Å². The molecule has 0 saturated carbocycles. The van der Waals surface area contributed by atoms with Gasteiger partial charge in [-0.3, -0.25) is 4.79 Å². The van der Waals surface area contributed by atoms with Crippen molar-refractivity contribution >= 4 is 11.6 Å². The van der Waals surface area contributed by atoms with Crippen LogP contribution in [0.15, 0.2) is 55.1 Å². The lowest BCUT2D eigenvalue weighted by Gasteiger charge is -2.24. The third kappa shape index (κ3) is 3.31. The summed E-state index contributed by atoms with van der Waals surface area (Å²) in [5.74, 6) is -1.09. The van der Waals surface area contributed by atoms with Gasteiger partial charge in [-0.2, -0.15) is 13.2 Å². The standard InChI is InChI=1S/C18H14F3NO3/c1-3-16(23)22-13-7-8-14-15(10-13)25-17(2,24-14)11-5-4-6-12(9-11)18(19,20)21/h3-10H,1H2,2H3,(H,22,23). The van der Waals surface area contributed by atoms with Gasteiger partial charge in [-0.25, -0.2) is 0 Å². The van der Waals surface area contributed by atoms with Gasteiger partial charge in [0.25, 0.3) is 5.79 Å². The third-order valence-electron chi connectivity index (χ3n) is 3.72. The molecule has 1 aliphatic rings. The summed E-state index contributed by atoms with van der Waals surface area (Å²) in [5.41, 5.74) is -0.0935. The van der Waals surface area contributed by atoms with Crippen molar-refractivity contribution in [2.75, 3.05) is 5.32 Å². The van der Waals surface area contributed by atoms with Gasteiger partial charge in [-0.1, -0.05) is 18.7 Å². The first-order chi connectivity index (χ1) is 11.7. The van der Waals surface area contributed by atoms with Crippen molar-refractivity contribution in [3.63, 3.8) is 0 Å². The van der Waals surface area contributed by atoms with Crippen molar-refractivity contribution in [2.24, 2.45) is 0 Å². The van der Waals surface area contributed by atoms with Gasteiger partial charge in [-0.15, -0.1) is 0 Å². The second-order valence-electron chi connectivity index (χ2n) is 5.58. The number of ether oxygens (including phenoxy) is 2. The largest absolute Gasteiger partial charge is 0.445 e. The van der Waals surface area contributed by atoms with Gasteiger partial charge < -0.3 is 14.8 Å². The van der Waals surface area contributed by atoms with Gasteiger partial charge >= 0.3 is 6.18 Å². The number of halogens is 3. The fourth-order valence-electron chi connectivity index (χ4n) is 2.48. The lowest BCUT2D eigenvalue weighted by Crippen LogP contribution is -2.31. The highest BCUT2D eigenvalue weighted by atomic mass is 19.4. The summed E-state index contributed by atoms with van der Waals surface area (Å²) in [5, 5.41) is 2.58. The molecule has 0 aromatic heterocycles. The number of anilines is 1. The van der Waals surface area contributed by atoms with Crippen LogP contribution in [0, 0.1) is 0 Å². The molecule has 2 aromatic rings. The van der Waals surface area contributed by atoms with E-state index in [9.17, 15) is 18.0 Å². The summed E-state index contributed by atoms with van der Waals surface area (Å²) in [6, 6.07) is 9.49. The number of carbonyl (C=O) groups excluding carboxylic acids is 1. The first kappa shape index (κ1) is 16.9. The maximum Gasteiger partial charge on any atom is 0.416 e. The van der Waals surface area contributed by atoms with Crippen LogP contribution in [0.5, 0.6) is 11.5 Å². The summed E-state index contributed by atoms with van der Waals surface area (Å²) in [6.07, 6.45) is -3.34. The summed E-state index contributed by atoms with van der Waals surface area (Å²) in [6.45, 7) is 4.89. The Morgan fingerprint density at radius 3 is 2.56 bits per heavy atom. The second kappa shape index (κ2) is 5.84. The number of hydrogen-bond donors (Lipinski definition) is 1. The number of rotatable bonds is 3. The zero-order valence-corrected chi connectivity index (χ0v) is 13.2. The Hall–Kier alpha value is -2.96. The van der Waals surface area contributed by atoms with E-state index < -0.39 is 17.5 Å². The quantitative estimate of drug-likeness (QED) is 0.832. The van der Waals surface area contributed by atoms with Gasteiger partial charge in [0.1, 0.15) is 0 Å². The van der Waals surface area contributed by atoms with Gasteiger partial charge in [0.15, 0.2) is 11.5 Å². The number of hydrogen-bond acceptors (Lipinski definition) is 3. The molecule has 0 radical (unpaired) electrons. The van der Waals surface area contributed by atoms with Crippen LogP contribution in [0.3, 0.4) is 0 Å². The molecule has 1 atom stereocenters. The maximum atomic E-state index is 12.9. The fourth-order valence-corrected chi connectivity index (χ4v) is 2.48. The SMILES string of the molecule is C=CC(=O)Nc1ccc2c(c1)OC(C)(c1cccc(C(F)(F)F)c1)O2. The zero-order chi connectivity index (χ0) is 18.2. The summed E-state index contributed by atoms with van der Waals surface area (Å²) in [4.78, 5) is 11.4. The van der Waals surface area contributed by atoms with Gasteiger partial charge in [0.2, 0.25) is 5.91 Å². The Kier molecular flexibility index (Phi) is 3.94. The highest BCUT2D eigenvalue weighted by Gasteiger charge is 2.40. The highest BCUT2D eigenvalue weighted by Crippen LogP contribution is 2.45. The first-order valence-electron chi connectivity index (χ1n) is 7.34. The molecule has 25 heavy (non-hydrogen) atoms. The van der Waals surface area contributed by atoms with Gasteiger partial charge in [0.05, 0.1) is 5.56 Å². The van der Waals surface area contributed by atoms with E-state index in [-0.39, 0.29) is 11.5 Å². The normalized spacial score (nSPS) is 18.7. The van der Waals surface area contributed by atoms with Crippen LogP contribution >= 0.6 is 0 Å². The van der Waals surface area contributed by atoms with Crippen LogP contribution in [0.4, 0.5) is 18.9 Å². The minimum absolute atomic E-state index is 0.232. The van der Waals surface area contributed by atoms with Gasteiger partial charge in [-0.05, 0) is 30.3 Å². The van der Waals surface area contributed by atoms with E-state index >= 15 is 0 Å². The topological polar surface area (TPSA) is 47.6 Å². The molecule has 3 rings (SSSR count). The molecular formula is C18H14F3NO3. The van der Waals surface area contributed by atoms with E-state index in [1.54, 1.807) is 12.1 Å². The summed E-state index contributed by atoms with van der Waals surface area (Å²) < 4.78 is 50.2. The lowest BCUT2D eigenvalue weighted by atomic mass is 10.0. The molecular weight excluding hydrogens is 335 g/mol. The number of nitrogens with one attached hydrogen (secondary N) is 1. The van der Waals surface area contributed by atoms with Crippen LogP contribution in [0.25, 0.3) is 0 Å². The third-order valence-corrected chi connectivity index (χ3v) is 3.72. The van der Waals surface area contributed by atoms with E-state index in [1.807, 2.05) is 0 Å². The number of benzene rings is 2. The summed E-state index contributed by atoms with van der Waals surface area (Å²) >= 11 is 0. The molecule has 2 aromatic carbocycles. The molecule has 0 bridgehead atoms. The van der Waals surface area contributed by atoms with E-state index in [0.717, 1.165) is 18.2 Å². The van der Waals surface area contributed by atoms with E-state index in [1.165, 1.54) is 25.1 Å². The Morgan fingerprint density at radius 2 is 1.88 bits per heavy atom. The molecule has 1 unspecified atom stereocenters. The first-order valence-corrected chi connectivity index (χ1v) is 7.34. The molecule has 0 fully saturated rings.